The molecule has 1 amide bonds. The van der Waals surface area contributed by atoms with E-state index >= 15 is 0 Å². The molecule has 3 aromatic heterocycles. The number of rotatable bonds is 5. The Labute approximate surface area is 166 Å². The molecule has 1 fully saturated rings. The van der Waals surface area contributed by atoms with Crippen molar-refractivity contribution < 1.29 is 9.18 Å². The number of nitrogens with zero attached hydrogens (tertiary/aromatic N) is 3. The standard InChI is InChI=1S/C21H21FN6O/c22-15-4-3-13-10-18(26-17(13)11-15)21(29)25-8-9-28-20-16(2-1-6-24-20)19(27-28)14-5-7-23-12-14/h1-4,6,10-11,14,23,26H,5,7-9,12H2,(H,25,29)/t14-/m0/s1. The third-order valence-electron chi connectivity index (χ3n) is 5.42. The summed E-state index contributed by atoms with van der Waals surface area (Å²) in [7, 11) is 0. The molecule has 4 heterocycles. The summed E-state index contributed by atoms with van der Waals surface area (Å²) in [6.07, 6.45) is 2.83. The summed E-state index contributed by atoms with van der Waals surface area (Å²) in [5.74, 6) is -0.173. The summed E-state index contributed by atoms with van der Waals surface area (Å²) in [6, 6.07) is 10.1. The summed E-state index contributed by atoms with van der Waals surface area (Å²) in [5.41, 5.74) is 2.92. The second kappa shape index (κ2) is 7.29. The molecule has 1 saturated heterocycles. The van der Waals surface area contributed by atoms with Gasteiger partial charge >= 0.3 is 0 Å². The van der Waals surface area contributed by atoms with E-state index in [2.05, 4.69) is 26.7 Å². The van der Waals surface area contributed by atoms with Gasteiger partial charge < -0.3 is 15.6 Å². The van der Waals surface area contributed by atoms with Crippen LogP contribution < -0.4 is 10.6 Å². The first kappa shape index (κ1) is 17.8. The Bertz CT molecular complexity index is 1190. The monoisotopic (exact) mass is 392 g/mol. The van der Waals surface area contributed by atoms with Crippen LogP contribution in [0.15, 0.2) is 42.6 Å². The van der Waals surface area contributed by atoms with E-state index in [9.17, 15) is 9.18 Å². The Kier molecular flexibility index (Phi) is 4.48. The van der Waals surface area contributed by atoms with Gasteiger partial charge in [0.1, 0.15) is 11.5 Å². The van der Waals surface area contributed by atoms with Gasteiger partial charge in [0.05, 0.1) is 12.2 Å². The van der Waals surface area contributed by atoms with Crippen molar-refractivity contribution in [2.75, 3.05) is 19.6 Å². The number of pyridine rings is 1. The fraction of sp³-hybridized carbons (Fsp3) is 0.286. The van der Waals surface area contributed by atoms with E-state index in [0.717, 1.165) is 41.6 Å². The third kappa shape index (κ3) is 3.36. The van der Waals surface area contributed by atoms with E-state index in [4.69, 9.17) is 5.10 Å². The van der Waals surface area contributed by atoms with Crippen molar-refractivity contribution in [3.8, 4) is 0 Å². The minimum absolute atomic E-state index is 0.230. The Morgan fingerprint density at radius 3 is 3.10 bits per heavy atom. The highest BCUT2D eigenvalue weighted by Crippen LogP contribution is 2.27. The maximum atomic E-state index is 13.3. The summed E-state index contributed by atoms with van der Waals surface area (Å²) in [6.45, 7) is 2.87. The zero-order valence-corrected chi connectivity index (χ0v) is 15.8. The smallest absolute Gasteiger partial charge is 0.267 e. The minimum atomic E-state index is -0.336. The fourth-order valence-electron chi connectivity index (χ4n) is 3.97. The number of halogens is 1. The molecule has 1 aromatic carbocycles. The number of aromatic nitrogens is 4. The molecule has 0 saturated carbocycles. The normalized spacial score (nSPS) is 16.7. The van der Waals surface area contributed by atoms with E-state index in [0.29, 0.717) is 30.2 Å². The molecule has 1 atom stereocenters. The second-order valence-electron chi connectivity index (χ2n) is 7.34. The number of H-pyrrole nitrogens is 1. The predicted molar refractivity (Wildman–Crippen MR) is 108 cm³/mol. The van der Waals surface area contributed by atoms with Gasteiger partial charge in [0, 0.05) is 41.5 Å². The Morgan fingerprint density at radius 1 is 1.31 bits per heavy atom. The van der Waals surface area contributed by atoms with Crippen LogP contribution in [0, 0.1) is 5.82 Å². The molecule has 0 unspecified atom stereocenters. The van der Waals surface area contributed by atoms with Gasteiger partial charge in [-0.3, -0.25) is 4.79 Å². The summed E-state index contributed by atoms with van der Waals surface area (Å²) >= 11 is 0. The van der Waals surface area contributed by atoms with Crippen molar-refractivity contribution in [3.63, 3.8) is 0 Å². The number of aromatic amines is 1. The van der Waals surface area contributed by atoms with Gasteiger partial charge in [0.15, 0.2) is 5.65 Å². The number of carbonyl (C=O) groups excluding carboxylic acids is 1. The summed E-state index contributed by atoms with van der Waals surface area (Å²) in [5, 5.41) is 13.0. The van der Waals surface area contributed by atoms with Crippen LogP contribution in [0.3, 0.4) is 0 Å². The van der Waals surface area contributed by atoms with E-state index in [1.165, 1.54) is 12.1 Å². The van der Waals surface area contributed by atoms with Gasteiger partial charge in [-0.2, -0.15) is 5.10 Å². The predicted octanol–water partition coefficient (Wildman–Crippen LogP) is 2.56. The molecule has 0 spiro atoms. The number of fused-ring (bicyclic) bond motifs is 2. The molecule has 0 radical (unpaired) electrons. The van der Waals surface area contributed by atoms with E-state index in [1.807, 2.05) is 10.7 Å². The number of amides is 1. The molecule has 0 aliphatic carbocycles. The van der Waals surface area contributed by atoms with E-state index in [1.54, 1.807) is 18.3 Å². The maximum absolute atomic E-state index is 13.3. The van der Waals surface area contributed by atoms with Crippen LogP contribution in [0.4, 0.5) is 4.39 Å². The van der Waals surface area contributed by atoms with Crippen molar-refractivity contribution in [2.45, 2.75) is 18.9 Å². The van der Waals surface area contributed by atoms with E-state index < -0.39 is 0 Å². The molecule has 1 aliphatic rings. The molecule has 29 heavy (non-hydrogen) atoms. The molecule has 3 N–H and O–H groups in total. The molecule has 7 nitrogen and oxygen atoms in total. The first-order valence-corrected chi connectivity index (χ1v) is 9.77. The lowest BCUT2D eigenvalue weighted by atomic mass is 10.0. The lowest BCUT2D eigenvalue weighted by Gasteiger charge is -2.06. The van der Waals surface area contributed by atoms with Gasteiger partial charge in [0.25, 0.3) is 5.91 Å². The topological polar surface area (TPSA) is 87.6 Å². The average Bonchev–Trinajstić information content (AvgIpc) is 3.46. The molecular formula is C21H21FN6O. The van der Waals surface area contributed by atoms with Gasteiger partial charge in [-0.25, -0.2) is 14.1 Å². The quantitative estimate of drug-likeness (QED) is 0.487. The highest BCUT2D eigenvalue weighted by atomic mass is 19.1. The molecule has 4 aromatic rings. The molecule has 1 aliphatic heterocycles. The summed E-state index contributed by atoms with van der Waals surface area (Å²) < 4.78 is 15.2. The van der Waals surface area contributed by atoms with Gasteiger partial charge in [-0.05, 0) is 49.4 Å². The molecule has 5 rings (SSSR count). The van der Waals surface area contributed by atoms with Crippen LogP contribution in [-0.4, -0.2) is 45.3 Å². The summed E-state index contributed by atoms with van der Waals surface area (Å²) in [4.78, 5) is 19.9. The Morgan fingerprint density at radius 2 is 2.24 bits per heavy atom. The average molecular weight is 392 g/mol. The number of nitrogens with one attached hydrogen (secondary N) is 3. The van der Waals surface area contributed by atoms with Crippen molar-refractivity contribution in [1.29, 1.82) is 0 Å². The molecular weight excluding hydrogens is 371 g/mol. The lowest BCUT2D eigenvalue weighted by Crippen LogP contribution is -2.27. The molecule has 8 heteroatoms. The van der Waals surface area contributed by atoms with Crippen molar-refractivity contribution >= 4 is 27.8 Å². The number of benzene rings is 1. The number of hydrogen-bond donors (Lipinski definition) is 3. The van der Waals surface area contributed by atoms with E-state index in [-0.39, 0.29) is 11.7 Å². The van der Waals surface area contributed by atoms with Gasteiger partial charge in [-0.15, -0.1) is 0 Å². The van der Waals surface area contributed by atoms with Crippen LogP contribution in [-0.2, 0) is 6.54 Å². The highest BCUT2D eigenvalue weighted by Gasteiger charge is 2.23. The van der Waals surface area contributed by atoms with Gasteiger partial charge in [0.2, 0.25) is 0 Å². The Hall–Kier alpha value is -3.26. The fourth-order valence-corrected chi connectivity index (χ4v) is 3.97. The van der Waals surface area contributed by atoms with Crippen LogP contribution in [0.25, 0.3) is 21.9 Å². The number of carbonyl (C=O) groups is 1. The maximum Gasteiger partial charge on any atom is 0.267 e. The molecule has 148 valence electrons. The van der Waals surface area contributed by atoms with Crippen LogP contribution in [0.5, 0.6) is 0 Å². The van der Waals surface area contributed by atoms with Crippen LogP contribution in [0.1, 0.15) is 28.5 Å². The number of hydrogen-bond acceptors (Lipinski definition) is 4. The first-order valence-electron chi connectivity index (χ1n) is 9.77. The minimum Gasteiger partial charge on any atom is -0.350 e. The van der Waals surface area contributed by atoms with Crippen molar-refractivity contribution in [1.82, 2.24) is 30.4 Å². The molecule has 0 bridgehead atoms. The zero-order chi connectivity index (χ0) is 19.8. The first-order chi connectivity index (χ1) is 14.2. The third-order valence-corrected chi connectivity index (χ3v) is 5.42. The SMILES string of the molecule is O=C(NCCn1nc([C@H]2CCNC2)c2cccnc21)c1cc2ccc(F)cc2[nH]1. The highest BCUT2D eigenvalue weighted by molar-refractivity contribution is 5.98. The second-order valence-corrected chi connectivity index (χ2v) is 7.34. The van der Waals surface area contributed by atoms with Crippen molar-refractivity contribution in [3.05, 3.63) is 59.8 Å². The van der Waals surface area contributed by atoms with Crippen LogP contribution in [0.2, 0.25) is 0 Å². The van der Waals surface area contributed by atoms with Gasteiger partial charge in [-0.1, -0.05) is 0 Å². The largest absolute Gasteiger partial charge is 0.350 e. The Balaban J connectivity index is 1.31. The van der Waals surface area contributed by atoms with Crippen LogP contribution >= 0.6 is 0 Å². The zero-order valence-electron chi connectivity index (χ0n) is 15.8. The lowest BCUT2D eigenvalue weighted by molar-refractivity contribution is 0.0948. The van der Waals surface area contributed by atoms with Crippen molar-refractivity contribution in [2.24, 2.45) is 0 Å².